The molecule has 0 aromatic heterocycles. The SMILES string of the molecule is CCOc1cc(/C=C(/C#N)C(=O)NC(C)C)cc(I)c1OCc1ccc(Br)cc1. The molecule has 0 saturated carbocycles. The lowest BCUT2D eigenvalue weighted by Crippen LogP contribution is -2.30. The van der Waals surface area contributed by atoms with Crippen molar-refractivity contribution in [3.8, 4) is 17.6 Å². The van der Waals surface area contributed by atoms with Crippen LogP contribution in [0.5, 0.6) is 11.5 Å². The second-order valence-electron chi connectivity index (χ2n) is 6.48. The lowest BCUT2D eigenvalue weighted by atomic mass is 10.1. The first-order valence-corrected chi connectivity index (χ1v) is 11.0. The average molecular weight is 569 g/mol. The Hall–Kier alpha value is -2.05. The minimum atomic E-state index is -0.397. The smallest absolute Gasteiger partial charge is 0.262 e. The minimum absolute atomic E-state index is 0.0421. The number of carbonyl (C=O) groups excluding carboxylic acids is 1. The monoisotopic (exact) mass is 568 g/mol. The fourth-order valence-corrected chi connectivity index (χ4v) is 3.51. The van der Waals surface area contributed by atoms with E-state index in [1.807, 2.05) is 57.2 Å². The van der Waals surface area contributed by atoms with Crippen LogP contribution >= 0.6 is 38.5 Å². The third-order valence-corrected chi connectivity index (χ3v) is 5.05. The minimum Gasteiger partial charge on any atom is -0.490 e. The predicted octanol–water partition coefficient (Wildman–Crippen LogP) is 5.46. The van der Waals surface area contributed by atoms with Gasteiger partial charge in [0.15, 0.2) is 11.5 Å². The largest absolute Gasteiger partial charge is 0.490 e. The van der Waals surface area contributed by atoms with Crippen molar-refractivity contribution >= 4 is 50.5 Å². The third-order valence-electron chi connectivity index (χ3n) is 3.72. The maximum Gasteiger partial charge on any atom is 0.262 e. The molecule has 152 valence electrons. The first kappa shape index (κ1) is 23.2. The molecule has 1 amide bonds. The predicted molar refractivity (Wildman–Crippen MR) is 126 cm³/mol. The Labute approximate surface area is 193 Å². The maximum absolute atomic E-state index is 12.2. The molecule has 0 saturated heterocycles. The van der Waals surface area contributed by atoms with Gasteiger partial charge in [-0.1, -0.05) is 28.1 Å². The van der Waals surface area contributed by atoms with Crippen molar-refractivity contribution in [1.82, 2.24) is 5.32 Å². The van der Waals surface area contributed by atoms with E-state index in [0.29, 0.717) is 30.3 Å². The van der Waals surface area contributed by atoms with E-state index < -0.39 is 5.91 Å². The van der Waals surface area contributed by atoms with E-state index in [-0.39, 0.29) is 11.6 Å². The van der Waals surface area contributed by atoms with Crippen molar-refractivity contribution in [3.05, 3.63) is 61.1 Å². The molecule has 2 aromatic carbocycles. The Morgan fingerprint density at radius 3 is 2.55 bits per heavy atom. The Kier molecular flexibility index (Phi) is 8.99. The third kappa shape index (κ3) is 7.05. The maximum atomic E-state index is 12.2. The number of nitrogens with zero attached hydrogens (tertiary/aromatic N) is 1. The zero-order valence-electron chi connectivity index (χ0n) is 16.5. The van der Waals surface area contributed by atoms with E-state index in [1.165, 1.54) is 0 Å². The molecular weight excluding hydrogens is 547 g/mol. The Balaban J connectivity index is 2.30. The molecule has 0 bridgehead atoms. The highest BCUT2D eigenvalue weighted by Gasteiger charge is 2.15. The van der Waals surface area contributed by atoms with Gasteiger partial charge in [0.1, 0.15) is 18.2 Å². The number of hydrogen-bond acceptors (Lipinski definition) is 4. The van der Waals surface area contributed by atoms with Gasteiger partial charge >= 0.3 is 0 Å². The van der Waals surface area contributed by atoms with Crippen molar-refractivity contribution in [2.24, 2.45) is 0 Å². The molecule has 0 radical (unpaired) electrons. The van der Waals surface area contributed by atoms with Gasteiger partial charge in [0.2, 0.25) is 0 Å². The quantitative estimate of drug-likeness (QED) is 0.261. The highest BCUT2D eigenvalue weighted by atomic mass is 127. The van der Waals surface area contributed by atoms with Gasteiger partial charge in [0.05, 0.1) is 10.2 Å². The number of carbonyl (C=O) groups is 1. The van der Waals surface area contributed by atoms with E-state index in [2.05, 4.69) is 43.8 Å². The van der Waals surface area contributed by atoms with Crippen LogP contribution in [0.2, 0.25) is 0 Å². The molecular formula is C22H22BrIN2O3. The highest BCUT2D eigenvalue weighted by Crippen LogP contribution is 2.35. The molecule has 0 aliphatic heterocycles. The van der Waals surface area contributed by atoms with Crippen molar-refractivity contribution in [3.63, 3.8) is 0 Å². The zero-order valence-corrected chi connectivity index (χ0v) is 20.2. The Morgan fingerprint density at radius 2 is 1.97 bits per heavy atom. The van der Waals surface area contributed by atoms with E-state index in [1.54, 1.807) is 12.1 Å². The van der Waals surface area contributed by atoms with Gasteiger partial charge in [-0.05, 0) is 84.8 Å². The van der Waals surface area contributed by atoms with Crippen LogP contribution in [0.3, 0.4) is 0 Å². The van der Waals surface area contributed by atoms with E-state index in [9.17, 15) is 10.1 Å². The van der Waals surface area contributed by atoms with Crippen LogP contribution in [-0.2, 0) is 11.4 Å². The molecule has 0 atom stereocenters. The van der Waals surface area contributed by atoms with Crippen molar-refractivity contribution in [1.29, 1.82) is 5.26 Å². The van der Waals surface area contributed by atoms with E-state index >= 15 is 0 Å². The number of halogens is 2. The Bertz CT molecular complexity index is 934. The van der Waals surface area contributed by atoms with Crippen LogP contribution in [0.4, 0.5) is 0 Å². The molecule has 0 aliphatic carbocycles. The molecule has 0 unspecified atom stereocenters. The van der Waals surface area contributed by atoms with Crippen LogP contribution in [0.15, 0.2) is 46.4 Å². The van der Waals surface area contributed by atoms with Gasteiger partial charge in [-0.25, -0.2) is 0 Å². The number of rotatable bonds is 8. The molecule has 0 heterocycles. The number of nitriles is 1. The topological polar surface area (TPSA) is 71.3 Å². The summed E-state index contributed by atoms with van der Waals surface area (Å²) in [4.78, 5) is 12.2. The van der Waals surface area contributed by atoms with Crippen molar-refractivity contribution in [2.45, 2.75) is 33.4 Å². The molecule has 29 heavy (non-hydrogen) atoms. The lowest BCUT2D eigenvalue weighted by Gasteiger charge is -2.15. The summed E-state index contributed by atoms with van der Waals surface area (Å²) in [5, 5.41) is 12.1. The summed E-state index contributed by atoms with van der Waals surface area (Å²) in [6.07, 6.45) is 1.56. The number of hydrogen-bond donors (Lipinski definition) is 1. The first-order valence-electron chi connectivity index (χ1n) is 9.10. The molecule has 0 fully saturated rings. The van der Waals surface area contributed by atoms with Gasteiger partial charge in [-0.2, -0.15) is 5.26 Å². The molecule has 0 spiro atoms. The van der Waals surface area contributed by atoms with Gasteiger partial charge in [0, 0.05) is 10.5 Å². The van der Waals surface area contributed by atoms with Crippen LogP contribution in [0, 0.1) is 14.9 Å². The van der Waals surface area contributed by atoms with Gasteiger partial charge in [-0.3, -0.25) is 4.79 Å². The molecule has 1 N–H and O–H groups in total. The lowest BCUT2D eigenvalue weighted by molar-refractivity contribution is -0.117. The summed E-state index contributed by atoms with van der Waals surface area (Å²) >= 11 is 5.59. The second kappa shape index (κ2) is 11.2. The zero-order chi connectivity index (χ0) is 21.4. The van der Waals surface area contributed by atoms with Gasteiger partial charge in [0.25, 0.3) is 5.91 Å². The van der Waals surface area contributed by atoms with E-state index in [4.69, 9.17) is 9.47 Å². The molecule has 0 aliphatic rings. The fourth-order valence-electron chi connectivity index (χ4n) is 2.47. The summed E-state index contributed by atoms with van der Waals surface area (Å²) in [6.45, 7) is 6.46. The summed E-state index contributed by atoms with van der Waals surface area (Å²) < 4.78 is 13.6. The number of amides is 1. The van der Waals surface area contributed by atoms with E-state index in [0.717, 1.165) is 13.6 Å². The molecule has 2 aromatic rings. The molecule has 5 nitrogen and oxygen atoms in total. The summed E-state index contributed by atoms with van der Waals surface area (Å²) in [5.41, 5.74) is 1.78. The number of benzene rings is 2. The van der Waals surface area contributed by atoms with Crippen LogP contribution in [-0.4, -0.2) is 18.6 Å². The highest BCUT2D eigenvalue weighted by molar-refractivity contribution is 14.1. The van der Waals surface area contributed by atoms with Crippen molar-refractivity contribution < 1.29 is 14.3 Å². The summed E-state index contributed by atoms with van der Waals surface area (Å²) in [7, 11) is 0. The van der Waals surface area contributed by atoms with Crippen molar-refractivity contribution in [2.75, 3.05) is 6.61 Å². The molecule has 7 heteroatoms. The average Bonchev–Trinajstić information content (AvgIpc) is 2.66. The standard InChI is InChI=1S/C22H22BrIN2O3/c1-4-28-20-11-16(9-17(12-25)22(27)26-14(2)3)10-19(24)21(20)29-13-15-5-7-18(23)8-6-15/h5-11,14H,4,13H2,1-3H3,(H,26,27)/b17-9-. The number of ether oxygens (including phenoxy) is 2. The van der Waals surface area contributed by atoms with Gasteiger partial charge < -0.3 is 14.8 Å². The second-order valence-corrected chi connectivity index (χ2v) is 8.55. The normalized spacial score (nSPS) is 11.1. The molecule has 2 rings (SSSR count). The summed E-state index contributed by atoms with van der Waals surface area (Å²) in [5.74, 6) is 0.813. The number of nitrogens with one attached hydrogen (secondary N) is 1. The Morgan fingerprint density at radius 1 is 1.28 bits per heavy atom. The van der Waals surface area contributed by atoms with Gasteiger partial charge in [-0.15, -0.1) is 0 Å². The first-order chi connectivity index (χ1) is 13.8. The van der Waals surface area contributed by atoms with Crippen LogP contribution in [0.1, 0.15) is 31.9 Å². The van der Waals surface area contributed by atoms with Crippen LogP contribution < -0.4 is 14.8 Å². The summed E-state index contributed by atoms with van der Waals surface area (Å²) in [6, 6.07) is 13.5. The van der Waals surface area contributed by atoms with Crippen LogP contribution in [0.25, 0.3) is 6.08 Å². The fraction of sp³-hybridized carbons (Fsp3) is 0.273.